The molecule has 2 atom stereocenters. The zero-order valence-corrected chi connectivity index (χ0v) is 14.3. The Kier molecular flexibility index (Phi) is 5.42. The van der Waals surface area contributed by atoms with E-state index in [-0.39, 0.29) is 30.3 Å². The molecule has 1 aliphatic heterocycles. The first-order valence-electron chi connectivity index (χ1n) is 8.57. The molecule has 1 aliphatic rings. The van der Waals surface area contributed by atoms with Gasteiger partial charge in [-0.15, -0.1) is 0 Å². The Balaban J connectivity index is 1.67. The first-order chi connectivity index (χ1) is 12.1. The Morgan fingerprint density at radius 2 is 2.12 bits per heavy atom. The molecule has 1 aromatic carbocycles. The van der Waals surface area contributed by atoms with Crippen molar-refractivity contribution in [3.63, 3.8) is 0 Å². The molecule has 1 aromatic heterocycles. The van der Waals surface area contributed by atoms with Gasteiger partial charge in [-0.05, 0) is 18.4 Å². The maximum absolute atomic E-state index is 12.8. The zero-order chi connectivity index (χ0) is 17.6. The van der Waals surface area contributed by atoms with Crippen LogP contribution in [0.25, 0.3) is 0 Å². The van der Waals surface area contributed by atoms with E-state index in [1.807, 2.05) is 39.9 Å². The number of amides is 2. The van der Waals surface area contributed by atoms with Crippen molar-refractivity contribution in [2.45, 2.75) is 38.3 Å². The average molecular weight is 341 g/mol. The summed E-state index contributed by atoms with van der Waals surface area (Å²) in [5.41, 5.74) is 0.941. The van der Waals surface area contributed by atoms with Gasteiger partial charge in [0, 0.05) is 20.0 Å². The lowest BCUT2D eigenvalue weighted by atomic mass is 10.0. The Hall–Kier alpha value is -2.70. The minimum absolute atomic E-state index is 0.0485. The SMILES string of the molecule is CC(=O)N[C@@H](CC(=O)N1CCC[C@H](n2cncn2)C1)c1ccccc1. The van der Waals surface area contributed by atoms with Crippen molar-refractivity contribution in [3.05, 3.63) is 48.5 Å². The molecule has 2 heterocycles. The van der Waals surface area contributed by atoms with Gasteiger partial charge in [-0.3, -0.25) is 9.59 Å². The third-order valence-electron chi connectivity index (χ3n) is 4.52. The van der Waals surface area contributed by atoms with E-state index in [1.54, 1.807) is 6.33 Å². The van der Waals surface area contributed by atoms with E-state index in [1.165, 1.54) is 13.3 Å². The highest BCUT2D eigenvalue weighted by Gasteiger charge is 2.27. The summed E-state index contributed by atoms with van der Waals surface area (Å²) >= 11 is 0. The van der Waals surface area contributed by atoms with Gasteiger partial charge in [0.05, 0.1) is 18.5 Å². The predicted molar refractivity (Wildman–Crippen MR) is 92.5 cm³/mol. The topological polar surface area (TPSA) is 80.1 Å². The summed E-state index contributed by atoms with van der Waals surface area (Å²) in [5.74, 6) is -0.0896. The molecule has 0 bridgehead atoms. The summed E-state index contributed by atoms with van der Waals surface area (Å²) in [6, 6.07) is 9.47. The smallest absolute Gasteiger partial charge is 0.225 e. The van der Waals surface area contributed by atoms with Crippen LogP contribution in [0.15, 0.2) is 43.0 Å². The molecule has 7 nitrogen and oxygen atoms in total. The molecule has 2 amide bonds. The Bertz CT molecular complexity index is 702. The minimum Gasteiger partial charge on any atom is -0.349 e. The highest BCUT2D eigenvalue weighted by molar-refractivity contribution is 5.79. The fourth-order valence-electron chi connectivity index (χ4n) is 3.29. The fourth-order valence-corrected chi connectivity index (χ4v) is 3.29. The van der Waals surface area contributed by atoms with Gasteiger partial charge in [-0.1, -0.05) is 30.3 Å². The molecule has 3 rings (SSSR count). The average Bonchev–Trinajstić information content (AvgIpc) is 3.16. The molecule has 0 unspecified atom stereocenters. The molecule has 7 heteroatoms. The predicted octanol–water partition coefficient (Wildman–Crippen LogP) is 1.71. The lowest BCUT2D eigenvalue weighted by molar-refractivity contribution is -0.133. The van der Waals surface area contributed by atoms with Crippen LogP contribution in [0.4, 0.5) is 0 Å². The first-order valence-corrected chi connectivity index (χ1v) is 8.57. The van der Waals surface area contributed by atoms with Crippen molar-refractivity contribution < 1.29 is 9.59 Å². The number of piperidine rings is 1. The summed E-state index contributed by atoms with van der Waals surface area (Å²) in [4.78, 5) is 30.2. The Labute approximate surface area is 147 Å². The lowest BCUT2D eigenvalue weighted by Gasteiger charge is -2.33. The Morgan fingerprint density at radius 3 is 2.80 bits per heavy atom. The van der Waals surface area contributed by atoms with Crippen LogP contribution in [-0.4, -0.2) is 44.6 Å². The number of benzene rings is 1. The van der Waals surface area contributed by atoms with E-state index in [0.29, 0.717) is 6.54 Å². The highest BCUT2D eigenvalue weighted by Crippen LogP contribution is 2.23. The maximum atomic E-state index is 12.8. The number of hydrogen-bond acceptors (Lipinski definition) is 4. The highest BCUT2D eigenvalue weighted by atomic mass is 16.2. The van der Waals surface area contributed by atoms with E-state index in [9.17, 15) is 9.59 Å². The molecule has 0 radical (unpaired) electrons. The van der Waals surface area contributed by atoms with Crippen LogP contribution in [-0.2, 0) is 9.59 Å². The standard InChI is InChI=1S/C18H23N5O2/c1-14(24)21-17(15-6-3-2-4-7-15)10-18(25)22-9-5-8-16(11-22)23-13-19-12-20-23/h2-4,6-7,12-13,16-17H,5,8-11H2,1H3,(H,21,24)/t16-,17-/m0/s1. The van der Waals surface area contributed by atoms with Crippen LogP contribution in [0.2, 0.25) is 0 Å². The van der Waals surface area contributed by atoms with Gasteiger partial charge in [-0.25, -0.2) is 9.67 Å². The second-order valence-electron chi connectivity index (χ2n) is 6.38. The van der Waals surface area contributed by atoms with Crippen LogP contribution in [0.1, 0.15) is 43.8 Å². The van der Waals surface area contributed by atoms with Crippen molar-refractivity contribution in [2.24, 2.45) is 0 Å². The molecule has 1 N–H and O–H groups in total. The monoisotopic (exact) mass is 341 g/mol. The zero-order valence-electron chi connectivity index (χ0n) is 14.3. The molecule has 0 aliphatic carbocycles. The van der Waals surface area contributed by atoms with Crippen LogP contribution in [0.5, 0.6) is 0 Å². The largest absolute Gasteiger partial charge is 0.349 e. The van der Waals surface area contributed by atoms with Crippen molar-refractivity contribution in [3.8, 4) is 0 Å². The number of nitrogens with zero attached hydrogens (tertiary/aromatic N) is 4. The molecule has 1 fully saturated rings. The van der Waals surface area contributed by atoms with E-state index >= 15 is 0 Å². The molecule has 1 saturated heterocycles. The summed E-state index contributed by atoms with van der Waals surface area (Å²) in [6.07, 6.45) is 5.40. The number of nitrogens with one attached hydrogen (secondary N) is 1. The van der Waals surface area contributed by atoms with Gasteiger partial charge in [-0.2, -0.15) is 5.10 Å². The second-order valence-corrected chi connectivity index (χ2v) is 6.38. The van der Waals surface area contributed by atoms with Gasteiger partial charge in [0.15, 0.2) is 0 Å². The quantitative estimate of drug-likeness (QED) is 0.898. The lowest BCUT2D eigenvalue weighted by Crippen LogP contribution is -2.42. The van der Waals surface area contributed by atoms with Gasteiger partial charge in [0.25, 0.3) is 0 Å². The normalized spacial score (nSPS) is 18.6. The molecular formula is C18H23N5O2. The van der Waals surface area contributed by atoms with Crippen LogP contribution < -0.4 is 5.32 Å². The summed E-state index contributed by atoms with van der Waals surface area (Å²) in [5, 5.41) is 7.08. The molecule has 132 valence electrons. The maximum Gasteiger partial charge on any atom is 0.225 e. The van der Waals surface area contributed by atoms with Crippen molar-refractivity contribution in [1.82, 2.24) is 25.0 Å². The molecular weight excluding hydrogens is 318 g/mol. The summed E-state index contributed by atoms with van der Waals surface area (Å²) < 4.78 is 1.82. The third kappa shape index (κ3) is 4.43. The van der Waals surface area contributed by atoms with E-state index in [0.717, 1.165) is 24.9 Å². The van der Waals surface area contributed by atoms with Crippen LogP contribution >= 0.6 is 0 Å². The molecule has 0 spiro atoms. The van der Waals surface area contributed by atoms with Crippen molar-refractivity contribution in [1.29, 1.82) is 0 Å². The van der Waals surface area contributed by atoms with Crippen LogP contribution in [0, 0.1) is 0 Å². The molecule has 2 aromatic rings. The Morgan fingerprint density at radius 1 is 1.32 bits per heavy atom. The van der Waals surface area contributed by atoms with Crippen molar-refractivity contribution in [2.75, 3.05) is 13.1 Å². The third-order valence-corrected chi connectivity index (χ3v) is 4.52. The number of hydrogen-bond donors (Lipinski definition) is 1. The minimum atomic E-state index is -0.307. The second kappa shape index (κ2) is 7.92. The number of carbonyl (C=O) groups excluding carboxylic acids is 2. The van der Waals surface area contributed by atoms with E-state index in [4.69, 9.17) is 0 Å². The number of carbonyl (C=O) groups is 2. The van der Waals surface area contributed by atoms with Crippen molar-refractivity contribution >= 4 is 11.8 Å². The summed E-state index contributed by atoms with van der Waals surface area (Å²) in [6.45, 7) is 2.84. The number of likely N-dealkylation sites (tertiary alicyclic amines) is 1. The van der Waals surface area contributed by atoms with Gasteiger partial charge < -0.3 is 10.2 Å². The van der Waals surface area contributed by atoms with Gasteiger partial charge in [0.2, 0.25) is 11.8 Å². The number of aromatic nitrogens is 3. The van der Waals surface area contributed by atoms with E-state index in [2.05, 4.69) is 15.4 Å². The first kappa shape index (κ1) is 17.1. The number of rotatable bonds is 5. The summed E-state index contributed by atoms with van der Waals surface area (Å²) in [7, 11) is 0. The molecule has 0 saturated carbocycles. The van der Waals surface area contributed by atoms with Gasteiger partial charge >= 0.3 is 0 Å². The van der Waals surface area contributed by atoms with Gasteiger partial charge in [0.1, 0.15) is 12.7 Å². The van der Waals surface area contributed by atoms with Crippen LogP contribution in [0.3, 0.4) is 0 Å². The van der Waals surface area contributed by atoms with E-state index < -0.39 is 0 Å². The fraction of sp³-hybridized carbons (Fsp3) is 0.444. The molecule has 25 heavy (non-hydrogen) atoms.